The summed E-state index contributed by atoms with van der Waals surface area (Å²) in [6, 6.07) is 4.77. The highest BCUT2D eigenvalue weighted by Gasteiger charge is 2.11. The summed E-state index contributed by atoms with van der Waals surface area (Å²) in [6.45, 7) is 1.73. The number of carboxylic acid groups (broad SMARTS) is 1. The van der Waals surface area contributed by atoms with Gasteiger partial charge in [0.05, 0.1) is 0 Å². The van der Waals surface area contributed by atoms with E-state index < -0.39 is 5.97 Å². The molecular formula is C12H11N3O3S. The van der Waals surface area contributed by atoms with Gasteiger partial charge >= 0.3 is 5.97 Å². The summed E-state index contributed by atoms with van der Waals surface area (Å²) < 4.78 is 0. The van der Waals surface area contributed by atoms with Gasteiger partial charge < -0.3 is 10.1 Å². The van der Waals surface area contributed by atoms with Crippen LogP contribution in [0.5, 0.6) is 0 Å². The number of nitrogens with one attached hydrogen (secondary N) is 1. The normalized spacial score (nSPS) is 10.4. The number of aromatic carboxylic acids is 1. The maximum Gasteiger partial charge on any atom is 0.354 e. The quantitative estimate of drug-likeness (QED) is 0.649. The number of thioether (sulfide) groups is 1. The second-order valence-electron chi connectivity index (χ2n) is 3.80. The van der Waals surface area contributed by atoms with Crippen molar-refractivity contribution >= 4 is 17.7 Å². The van der Waals surface area contributed by atoms with Crippen LogP contribution in [0.2, 0.25) is 0 Å². The van der Waals surface area contributed by atoms with Crippen LogP contribution in [-0.4, -0.2) is 26.0 Å². The molecule has 2 heterocycles. The molecule has 0 bridgehead atoms. The first kappa shape index (κ1) is 13.3. The zero-order chi connectivity index (χ0) is 13.8. The zero-order valence-electron chi connectivity index (χ0n) is 10.1. The van der Waals surface area contributed by atoms with Gasteiger partial charge in [-0.2, -0.15) is 0 Å². The Labute approximate surface area is 112 Å². The molecule has 98 valence electrons. The third kappa shape index (κ3) is 3.41. The van der Waals surface area contributed by atoms with Gasteiger partial charge in [-0.3, -0.25) is 4.79 Å². The van der Waals surface area contributed by atoms with E-state index >= 15 is 0 Å². The Morgan fingerprint density at radius 1 is 1.53 bits per heavy atom. The Balaban J connectivity index is 2.19. The van der Waals surface area contributed by atoms with E-state index in [0.717, 1.165) is 0 Å². The van der Waals surface area contributed by atoms with Crippen molar-refractivity contribution in [1.82, 2.24) is 15.0 Å². The molecule has 0 aromatic carbocycles. The molecule has 0 saturated heterocycles. The van der Waals surface area contributed by atoms with Crippen molar-refractivity contribution in [3.05, 3.63) is 51.7 Å². The number of rotatable bonds is 4. The molecule has 19 heavy (non-hydrogen) atoms. The molecule has 0 amide bonds. The topological polar surface area (TPSA) is 95.9 Å². The number of aromatic nitrogens is 3. The number of H-pyrrole nitrogens is 1. The molecule has 0 unspecified atom stereocenters. The Morgan fingerprint density at radius 2 is 2.32 bits per heavy atom. The number of carbonyl (C=O) groups is 1. The van der Waals surface area contributed by atoms with E-state index in [0.29, 0.717) is 22.2 Å². The molecule has 0 radical (unpaired) electrons. The van der Waals surface area contributed by atoms with Gasteiger partial charge in [-0.15, -0.1) is 0 Å². The first-order valence-corrected chi connectivity index (χ1v) is 6.43. The molecule has 0 aliphatic carbocycles. The van der Waals surface area contributed by atoms with Crippen LogP contribution in [0.3, 0.4) is 0 Å². The van der Waals surface area contributed by atoms with E-state index in [9.17, 15) is 9.59 Å². The first-order chi connectivity index (χ1) is 9.06. The van der Waals surface area contributed by atoms with E-state index in [-0.39, 0.29) is 11.3 Å². The lowest BCUT2D eigenvalue weighted by Crippen LogP contribution is -2.08. The van der Waals surface area contributed by atoms with Crippen molar-refractivity contribution in [2.24, 2.45) is 0 Å². The molecule has 6 nitrogen and oxygen atoms in total. The summed E-state index contributed by atoms with van der Waals surface area (Å²) in [4.78, 5) is 32.9. The summed E-state index contributed by atoms with van der Waals surface area (Å²) in [5.41, 5.74) is 1.00. The van der Waals surface area contributed by atoms with E-state index in [2.05, 4.69) is 15.0 Å². The smallest absolute Gasteiger partial charge is 0.354 e. The van der Waals surface area contributed by atoms with Crippen molar-refractivity contribution in [1.29, 1.82) is 0 Å². The van der Waals surface area contributed by atoms with Crippen LogP contribution < -0.4 is 5.56 Å². The molecule has 0 aliphatic rings. The Kier molecular flexibility index (Phi) is 3.96. The van der Waals surface area contributed by atoms with Crippen LogP contribution in [0.15, 0.2) is 34.3 Å². The highest BCUT2D eigenvalue weighted by molar-refractivity contribution is 7.98. The van der Waals surface area contributed by atoms with Gasteiger partial charge in [0.1, 0.15) is 0 Å². The molecule has 2 aromatic rings. The Bertz CT molecular complexity index is 669. The maximum atomic E-state index is 11.3. The Hall–Kier alpha value is -2.15. The summed E-state index contributed by atoms with van der Waals surface area (Å²) in [5, 5.41) is 9.47. The lowest BCUT2D eigenvalue weighted by Gasteiger charge is -2.04. The fourth-order valence-electron chi connectivity index (χ4n) is 1.51. The largest absolute Gasteiger partial charge is 0.477 e. The first-order valence-electron chi connectivity index (χ1n) is 5.44. The highest BCUT2D eigenvalue weighted by atomic mass is 32.2. The number of hydrogen-bond acceptors (Lipinski definition) is 5. The number of aryl methyl sites for hydroxylation is 1. The van der Waals surface area contributed by atoms with Crippen LogP contribution in [-0.2, 0) is 5.75 Å². The zero-order valence-corrected chi connectivity index (χ0v) is 10.9. The average Bonchev–Trinajstić information content (AvgIpc) is 2.35. The SMILES string of the molecule is Cc1cc(=O)[nH]c(SCc2cccnc2C(=O)O)n1. The number of aromatic amines is 1. The van der Waals surface area contributed by atoms with Gasteiger partial charge in [0.2, 0.25) is 0 Å². The van der Waals surface area contributed by atoms with Gasteiger partial charge in [0.15, 0.2) is 10.9 Å². The van der Waals surface area contributed by atoms with Gasteiger partial charge in [-0.25, -0.2) is 14.8 Å². The number of pyridine rings is 1. The molecule has 2 N–H and O–H groups in total. The van der Waals surface area contributed by atoms with Gasteiger partial charge in [0.25, 0.3) is 5.56 Å². The lowest BCUT2D eigenvalue weighted by molar-refractivity contribution is 0.0689. The van der Waals surface area contributed by atoms with E-state index in [1.54, 1.807) is 19.1 Å². The molecule has 7 heteroatoms. The lowest BCUT2D eigenvalue weighted by atomic mass is 10.2. The highest BCUT2D eigenvalue weighted by Crippen LogP contribution is 2.20. The van der Waals surface area contributed by atoms with Crippen molar-refractivity contribution in [2.75, 3.05) is 0 Å². The van der Waals surface area contributed by atoms with E-state index in [1.165, 1.54) is 24.0 Å². The predicted molar refractivity (Wildman–Crippen MR) is 70.4 cm³/mol. The minimum Gasteiger partial charge on any atom is -0.477 e. The summed E-state index contributed by atoms with van der Waals surface area (Å²) >= 11 is 1.26. The fourth-order valence-corrected chi connectivity index (χ4v) is 2.42. The van der Waals surface area contributed by atoms with E-state index in [1.807, 2.05) is 0 Å². The second kappa shape index (κ2) is 5.66. The summed E-state index contributed by atoms with van der Waals surface area (Å²) in [7, 11) is 0. The maximum absolute atomic E-state index is 11.3. The number of carboxylic acids is 1. The fraction of sp³-hybridized carbons (Fsp3) is 0.167. The third-order valence-electron chi connectivity index (χ3n) is 2.31. The molecule has 0 atom stereocenters. The van der Waals surface area contributed by atoms with Crippen LogP contribution in [0.1, 0.15) is 21.7 Å². The second-order valence-corrected chi connectivity index (χ2v) is 4.76. The summed E-state index contributed by atoms with van der Waals surface area (Å²) in [5.74, 6) is -0.691. The molecule has 2 rings (SSSR count). The van der Waals surface area contributed by atoms with Crippen molar-refractivity contribution in [3.8, 4) is 0 Å². The van der Waals surface area contributed by atoms with Crippen LogP contribution >= 0.6 is 11.8 Å². The van der Waals surface area contributed by atoms with Crippen molar-refractivity contribution in [3.63, 3.8) is 0 Å². The van der Waals surface area contributed by atoms with Crippen LogP contribution in [0, 0.1) is 6.92 Å². The minimum absolute atomic E-state index is 0.0185. The minimum atomic E-state index is -1.07. The number of hydrogen-bond donors (Lipinski definition) is 2. The van der Waals surface area contributed by atoms with Crippen molar-refractivity contribution in [2.45, 2.75) is 17.8 Å². The van der Waals surface area contributed by atoms with Crippen LogP contribution in [0.4, 0.5) is 0 Å². The Morgan fingerprint density at radius 3 is 3.00 bits per heavy atom. The molecule has 2 aromatic heterocycles. The molecule has 0 fully saturated rings. The van der Waals surface area contributed by atoms with Gasteiger partial charge in [-0.1, -0.05) is 17.8 Å². The average molecular weight is 277 g/mol. The van der Waals surface area contributed by atoms with Crippen LogP contribution in [0.25, 0.3) is 0 Å². The van der Waals surface area contributed by atoms with Gasteiger partial charge in [-0.05, 0) is 18.6 Å². The molecular weight excluding hydrogens is 266 g/mol. The van der Waals surface area contributed by atoms with Crippen molar-refractivity contribution < 1.29 is 9.90 Å². The molecule has 0 spiro atoms. The standard InChI is InChI=1S/C12H11N3O3S/c1-7-5-9(16)15-12(14-7)19-6-8-3-2-4-13-10(8)11(17)18/h2-5H,6H2,1H3,(H,17,18)(H,14,15,16). The summed E-state index contributed by atoms with van der Waals surface area (Å²) in [6.07, 6.45) is 1.43. The monoisotopic (exact) mass is 277 g/mol. The molecule has 0 saturated carbocycles. The third-order valence-corrected chi connectivity index (χ3v) is 3.23. The predicted octanol–water partition coefficient (Wildman–Crippen LogP) is 1.46. The van der Waals surface area contributed by atoms with E-state index in [4.69, 9.17) is 5.11 Å². The molecule has 0 aliphatic heterocycles. The van der Waals surface area contributed by atoms with Gasteiger partial charge in [0, 0.05) is 23.7 Å². The number of nitrogens with zero attached hydrogens (tertiary/aromatic N) is 2.